The monoisotopic (exact) mass is 262 g/mol. The van der Waals surface area contributed by atoms with E-state index in [2.05, 4.69) is 15.5 Å². The molecule has 0 unspecified atom stereocenters. The average molecular weight is 262 g/mol. The van der Waals surface area contributed by atoms with E-state index in [1.807, 2.05) is 6.07 Å². The van der Waals surface area contributed by atoms with Crippen molar-refractivity contribution in [2.75, 3.05) is 0 Å². The maximum Gasteiger partial charge on any atom is 0.250 e. The summed E-state index contributed by atoms with van der Waals surface area (Å²) in [5.41, 5.74) is 0.814. The Labute approximate surface area is 108 Å². The van der Waals surface area contributed by atoms with E-state index >= 15 is 0 Å². The lowest BCUT2D eigenvalue weighted by Crippen LogP contribution is -2.14. The van der Waals surface area contributed by atoms with Crippen LogP contribution in [0.25, 0.3) is 10.6 Å². The highest BCUT2D eigenvalue weighted by molar-refractivity contribution is 7.14. The van der Waals surface area contributed by atoms with Crippen molar-refractivity contribution in [3.8, 4) is 10.6 Å². The molecule has 5 nitrogen and oxygen atoms in total. The van der Waals surface area contributed by atoms with Gasteiger partial charge >= 0.3 is 0 Å². The highest BCUT2D eigenvalue weighted by Crippen LogP contribution is 2.23. The third-order valence-corrected chi connectivity index (χ3v) is 3.91. The number of hydrogen-bond donors (Lipinski definition) is 1. The molecule has 1 fully saturated rings. The molecule has 2 heterocycles. The van der Waals surface area contributed by atoms with Gasteiger partial charge in [-0.25, -0.2) is 0 Å². The number of aromatic nitrogens is 3. The summed E-state index contributed by atoms with van der Waals surface area (Å²) in [6.45, 7) is 0.771. The molecule has 6 heteroatoms. The van der Waals surface area contributed by atoms with Gasteiger partial charge in [0.05, 0.1) is 0 Å². The number of rotatable bonds is 4. The van der Waals surface area contributed by atoms with Crippen LogP contribution in [0.2, 0.25) is 0 Å². The van der Waals surface area contributed by atoms with Gasteiger partial charge in [-0.2, -0.15) is 0 Å². The number of pyridine rings is 1. The fraction of sp³-hybridized carbons (Fsp3) is 0.417. The maximum absolute atomic E-state index is 11.6. The van der Waals surface area contributed by atoms with Crippen LogP contribution < -0.4 is 10.9 Å². The summed E-state index contributed by atoms with van der Waals surface area (Å²) in [4.78, 5) is 11.6. The summed E-state index contributed by atoms with van der Waals surface area (Å²) in [5, 5.41) is 13.5. The van der Waals surface area contributed by atoms with Crippen molar-refractivity contribution in [1.29, 1.82) is 0 Å². The summed E-state index contributed by atoms with van der Waals surface area (Å²) >= 11 is 1.54. The molecule has 0 aromatic carbocycles. The summed E-state index contributed by atoms with van der Waals surface area (Å²) < 4.78 is 1.54. The lowest BCUT2D eigenvalue weighted by molar-refractivity contribution is 0.679. The Morgan fingerprint density at radius 1 is 1.50 bits per heavy atom. The van der Waals surface area contributed by atoms with Gasteiger partial charge in [0.25, 0.3) is 5.56 Å². The molecule has 0 spiro atoms. The van der Waals surface area contributed by atoms with Gasteiger partial charge in [-0.15, -0.1) is 10.2 Å². The van der Waals surface area contributed by atoms with E-state index in [9.17, 15) is 4.79 Å². The van der Waals surface area contributed by atoms with Gasteiger partial charge in [-0.1, -0.05) is 11.3 Å². The number of aryl methyl sites for hydroxylation is 1. The van der Waals surface area contributed by atoms with Gasteiger partial charge in [0.2, 0.25) is 0 Å². The fourth-order valence-corrected chi connectivity index (χ4v) is 2.43. The first kappa shape index (κ1) is 11.6. The molecule has 0 amide bonds. The van der Waals surface area contributed by atoms with Crippen LogP contribution in [0.5, 0.6) is 0 Å². The fourth-order valence-electron chi connectivity index (χ4n) is 1.64. The summed E-state index contributed by atoms with van der Waals surface area (Å²) in [7, 11) is 1.73. The second-order valence-electron chi connectivity index (χ2n) is 4.52. The lowest BCUT2D eigenvalue weighted by Gasteiger charge is -1.98. The quantitative estimate of drug-likeness (QED) is 0.898. The second kappa shape index (κ2) is 4.62. The Morgan fingerprint density at radius 3 is 3.06 bits per heavy atom. The largest absolute Gasteiger partial charge is 0.319 e. The molecule has 18 heavy (non-hydrogen) atoms. The molecule has 0 atom stereocenters. The van der Waals surface area contributed by atoms with Crippen molar-refractivity contribution in [2.45, 2.75) is 25.4 Å². The third-order valence-electron chi connectivity index (χ3n) is 2.94. The molecule has 0 radical (unpaired) electrons. The lowest BCUT2D eigenvalue weighted by atomic mass is 10.3. The van der Waals surface area contributed by atoms with Crippen LogP contribution in [0.4, 0.5) is 0 Å². The van der Waals surface area contributed by atoms with Crippen LogP contribution in [0.15, 0.2) is 23.1 Å². The topological polar surface area (TPSA) is 59.8 Å². The van der Waals surface area contributed by atoms with E-state index in [-0.39, 0.29) is 5.56 Å². The van der Waals surface area contributed by atoms with Gasteiger partial charge in [0.15, 0.2) is 0 Å². The zero-order valence-corrected chi connectivity index (χ0v) is 10.9. The average Bonchev–Trinajstić information content (AvgIpc) is 3.08. The summed E-state index contributed by atoms with van der Waals surface area (Å²) in [5.74, 6) is 0. The molecule has 0 saturated heterocycles. The number of nitrogens with zero attached hydrogens (tertiary/aromatic N) is 3. The minimum absolute atomic E-state index is 0.0274. The summed E-state index contributed by atoms with van der Waals surface area (Å²) in [6, 6.07) is 4.15. The van der Waals surface area contributed by atoms with Crippen LogP contribution in [-0.4, -0.2) is 20.8 Å². The van der Waals surface area contributed by atoms with Crippen molar-refractivity contribution < 1.29 is 0 Å². The predicted molar refractivity (Wildman–Crippen MR) is 70.4 cm³/mol. The van der Waals surface area contributed by atoms with Crippen LogP contribution in [0, 0.1) is 0 Å². The third kappa shape index (κ3) is 2.49. The Morgan fingerprint density at radius 2 is 2.33 bits per heavy atom. The smallest absolute Gasteiger partial charge is 0.250 e. The maximum atomic E-state index is 11.6. The first-order chi connectivity index (χ1) is 8.72. The number of nitrogens with one attached hydrogen (secondary N) is 1. The van der Waals surface area contributed by atoms with E-state index < -0.39 is 0 Å². The molecule has 1 aliphatic rings. The van der Waals surface area contributed by atoms with Crippen LogP contribution in [0.3, 0.4) is 0 Å². The van der Waals surface area contributed by atoms with E-state index in [0.29, 0.717) is 6.04 Å². The normalized spacial score (nSPS) is 14.9. The molecule has 3 rings (SSSR count). The van der Waals surface area contributed by atoms with Crippen LogP contribution in [0.1, 0.15) is 17.8 Å². The molecular formula is C12H14N4OS. The minimum Gasteiger partial charge on any atom is -0.319 e. The molecule has 0 bridgehead atoms. The van der Waals surface area contributed by atoms with Crippen molar-refractivity contribution >= 4 is 11.3 Å². The molecule has 1 saturated carbocycles. The first-order valence-electron chi connectivity index (χ1n) is 5.95. The minimum atomic E-state index is -0.0274. The van der Waals surface area contributed by atoms with Crippen molar-refractivity contribution in [3.63, 3.8) is 0 Å². The van der Waals surface area contributed by atoms with Gasteiger partial charge in [-0.3, -0.25) is 4.79 Å². The second-order valence-corrected chi connectivity index (χ2v) is 5.58. The van der Waals surface area contributed by atoms with E-state index in [4.69, 9.17) is 0 Å². The van der Waals surface area contributed by atoms with Crippen molar-refractivity contribution in [1.82, 2.24) is 20.1 Å². The zero-order valence-electron chi connectivity index (χ0n) is 10.1. The van der Waals surface area contributed by atoms with Gasteiger partial charge in [0.1, 0.15) is 10.0 Å². The Kier molecular flexibility index (Phi) is 2.97. The molecule has 94 valence electrons. The molecule has 0 aliphatic heterocycles. The van der Waals surface area contributed by atoms with E-state index in [0.717, 1.165) is 22.1 Å². The Balaban J connectivity index is 1.78. The Hall–Kier alpha value is -1.53. The number of hydrogen-bond acceptors (Lipinski definition) is 5. The van der Waals surface area contributed by atoms with Crippen molar-refractivity contribution in [3.05, 3.63) is 33.7 Å². The van der Waals surface area contributed by atoms with Gasteiger partial charge in [-0.05, 0) is 18.9 Å². The highest BCUT2D eigenvalue weighted by atomic mass is 32.1. The molecule has 2 aromatic heterocycles. The molecule has 1 aliphatic carbocycles. The van der Waals surface area contributed by atoms with Crippen molar-refractivity contribution in [2.24, 2.45) is 7.05 Å². The van der Waals surface area contributed by atoms with Crippen LogP contribution >= 0.6 is 11.3 Å². The molecular weight excluding hydrogens is 248 g/mol. The van der Waals surface area contributed by atoms with Gasteiger partial charge < -0.3 is 9.88 Å². The van der Waals surface area contributed by atoms with E-state index in [1.165, 1.54) is 24.2 Å². The molecule has 1 N–H and O–H groups in total. The standard InChI is InChI=1S/C12H14N4OS/c1-16-5-4-8(6-11(16)17)12-15-14-10(18-12)7-13-9-2-3-9/h4-6,9,13H,2-3,7H2,1H3. The Bertz CT molecular complexity index is 615. The SMILES string of the molecule is Cn1ccc(-c2nnc(CNC3CC3)s2)cc1=O. The zero-order chi connectivity index (χ0) is 12.5. The first-order valence-corrected chi connectivity index (χ1v) is 6.77. The van der Waals surface area contributed by atoms with E-state index in [1.54, 1.807) is 23.9 Å². The van der Waals surface area contributed by atoms with Crippen LogP contribution in [-0.2, 0) is 13.6 Å². The predicted octanol–water partition coefficient (Wildman–Crippen LogP) is 1.16. The molecule has 2 aromatic rings. The highest BCUT2D eigenvalue weighted by Gasteiger charge is 2.20. The van der Waals surface area contributed by atoms with Gasteiger partial charge in [0, 0.05) is 37.5 Å². The summed E-state index contributed by atoms with van der Waals surface area (Å²) in [6.07, 6.45) is 4.28.